The largest absolute Gasteiger partial charge is 0.397 e. The second-order valence-electron chi connectivity index (χ2n) is 4.43. The number of aromatic nitrogens is 2. The number of fused-ring (bicyclic) bond motifs is 1. The van der Waals surface area contributed by atoms with Crippen molar-refractivity contribution >= 4 is 17.0 Å². The smallest absolute Gasteiger partial charge is 0.176 e. The van der Waals surface area contributed by atoms with Gasteiger partial charge in [-0.3, -0.25) is 9.78 Å². The molecule has 3 rings (SSSR count). The van der Waals surface area contributed by atoms with Crippen LogP contribution >= 0.6 is 0 Å². The molecule has 0 aliphatic heterocycles. The average molecular weight is 251 g/mol. The van der Waals surface area contributed by atoms with Gasteiger partial charge in [0.25, 0.3) is 0 Å². The summed E-state index contributed by atoms with van der Waals surface area (Å²) in [5.41, 5.74) is 9.64. The highest BCUT2D eigenvalue weighted by Gasteiger charge is 2.13. The first-order chi connectivity index (χ1) is 9.16. The molecule has 0 saturated heterocycles. The van der Waals surface area contributed by atoms with Crippen molar-refractivity contribution in [1.82, 2.24) is 9.38 Å². The number of nitrogens with two attached hydrogens (primary N) is 1. The minimum Gasteiger partial charge on any atom is -0.397 e. The molecule has 0 atom stereocenters. The number of Topliss-reactive ketones (excluding diaryl/α,β-unsaturated/α-hetero) is 1. The minimum absolute atomic E-state index is 0.0305. The van der Waals surface area contributed by atoms with Gasteiger partial charge in [0.1, 0.15) is 0 Å². The normalized spacial score (nSPS) is 10.8. The van der Waals surface area contributed by atoms with E-state index in [1.54, 1.807) is 13.1 Å². The number of carbonyl (C=O) groups is 1. The van der Waals surface area contributed by atoms with E-state index in [4.69, 9.17) is 5.73 Å². The Bertz CT molecular complexity index is 757. The van der Waals surface area contributed by atoms with Gasteiger partial charge in [0, 0.05) is 18.7 Å². The molecule has 3 aromatic heterocycles. The van der Waals surface area contributed by atoms with Crippen molar-refractivity contribution in [1.29, 1.82) is 0 Å². The summed E-state index contributed by atoms with van der Waals surface area (Å²) < 4.78 is 1.88. The molecule has 0 fully saturated rings. The van der Waals surface area contributed by atoms with Crippen molar-refractivity contribution in [2.45, 2.75) is 6.92 Å². The highest BCUT2D eigenvalue weighted by Crippen LogP contribution is 2.27. The quantitative estimate of drug-likeness (QED) is 0.712. The van der Waals surface area contributed by atoms with Gasteiger partial charge in [-0.15, -0.1) is 0 Å². The summed E-state index contributed by atoms with van der Waals surface area (Å²) in [5, 5.41) is 0. The van der Waals surface area contributed by atoms with Crippen LogP contribution in [0.25, 0.3) is 16.8 Å². The summed E-state index contributed by atoms with van der Waals surface area (Å²) >= 11 is 0. The molecule has 0 radical (unpaired) electrons. The number of carbonyl (C=O) groups excluding carboxylic acids is 1. The van der Waals surface area contributed by atoms with Crippen LogP contribution in [0.15, 0.2) is 48.8 Å². The van der Waals surface area contributed by atoms with Crippen LogP contribution in [-0.2, 0) is 0 Å². The van der Waals surface area contributed by atoms with Crippen molar-refractivity contribution < 1.29 is 4.79 Å². The lowest BCUT2D eigenvalue weighted by Gasteiger charge is -2.00. The van der Waals surface area contributed by atoms with Gasteiger partial charge in [0.2, 0.25) is 0 Å². The molecule has 2 N–H and O–H groups in total. The number of nitrogen functional groups attached to an aromatic ring is 1. The minimum atomic E-state index is 0.0305. The standard InChI is InChI=1S/C15H13N3O/c1-10(19)15-8-12(13-6-5-11(16)9-17-13)14-4-2-3-7-18(14)15/h2-9H,16H2,1H3. The van der Waals surface area contributed by atoms with Crippen LogP contribution in [0.2, 0.25) is 0 Å². The third kappa shape index (κ3) is 1.87. The molecule has 0 saturated carbocycles. The molecule has 94 valence electrons. The van der Waals surface area contributed by atoms with Crippen molar-refractivity contribution in [3.8, 4) is 11.3 Å². The summed E-state index contributed by atoms with van der Waals surface area (Å²) in [6.45, 7) is 1.56. The number of anilines is 1. The first-order valence-corrected chi connectivity index (χ1v) is 6.00. The Morgan fingerprint density at radius 3 is 2.79 bits per heavy atom. The fraction of sp³-hybridized carbons (Fsp3) is 0.0667. The molecule has 3 aromatic rings. The predicted octanol–water partition coefficient (Wildman–Crippen LogP) is 2.79. The number of pyridine rings is 2. The zero-order valence-electron chi connectivity index (χ0n) is 10.5. The first-order valence-electron chi connectivity index (χ1n) is 6.00. The molecule has 3 heterocycles. The van der Waals surface area contributed by atoms with Gasteiger partial charge >= 0.3 is 0 Å². The molecule has 0 amide bonds. The van der Waals surface area contributed by atoms with E-state index in [2.05, 4.69) is 4.98 Å². The summed E-state index contributed by atoms with van der Waals surface area (Å²) in [5.74, 6) is 0.0305. The predicted molar refractivity (Wildman–Crippen MR) is 75.0 cm³/mol. The summed E-state index contributed by atoms with van der Waals surface area (Å²) in [6.07, 6.45) is 3.50. The van der Waals surface area contributed by atoms with Gasteiger partial charge < -0.3 is 10.1 Å². The zero-order valence-corrected chi connectivity index (χ0v) is 10.5. The highest BCUT2D eigenvalue weighted by molar-refractivity contribution is 5.97. The number of hydrogen-bond donors (Lipinski definition) is 1. The molecule has 0 spiro atoms. The lowest BCUT2D eigenvalue weighted by Crippen LogP contribution is -1.96. The van der Waals surface area contributed by atoms with Gasteiger partial charge in [-0.1, -0.05) is 6.07 Å². The van der Waals surface area contributed by atoms with Gasteiger partial charge in [0.15, 0.2) is 5.78 Å². The highest BCUT2D eigenvalue weighted by atomic mass is 16.1. The van der Waals surface area contributed by atoms with Crippen molar-refractivity contribution in [3.63, 3.8) is 0 Å². The fourth-order valence-corrected chi connectivity index (χ4v) is 2.19. The Hall–Kier alpha value is -2.62. The Morgan fingerprint density at radius 1 is 1.26 bits per heavy atom. The third-order valence-corrected chi connectivity index (χ3v) is 3.10. The number of rotatable bonds is 2. The molecule has 0 aromatic carbocycles. The van der Waals surface area contributed by atoms with Crippen LogP contribution in [0.4, 0.5) is 5.69 Å². The Kier molecular flexibility index (Phi) is 2.56. The van der Waals surface area contributed by atoms with Crippen molar-refractivity contribution in [2.24, 2.45) is 0 Å². The lowest BCUT2D eigenvalue weighted by molar-refractivity contribution is 0.101. The van der Waals surface area contributed by atoms with Crippen LogP contribution in [0.5, 0.6) is 0 Å². The van der Waals surface area contributed by atoms with E-state index in [0.29, 0.717) is 11.4 Å². The van der Waals surface area contributed by atoms with E-state index in [0.717, 1.165) is 16.8 Å². The van der Waals surface area contributed by atoms with E-state index < -0.39 is 0 Å². The van der Waals surface area contributed by atoms with Crippen LogP contribution < -0.4 is 5.73 Å². The number of hydrogen-bond acceptors (Lipinski definition) is 3. The van der Waals surface area contributed by atoms with Gasteiger partial charge in [-0.2, -0.15) is 0 Å². The Balaban J connectivity index is 2.29. The third-order valence-electron chi connectivity index (χ3n) is 3.10. The monoisotopic (exact) mass is 251 g/mol. The summed E-state index contributed by atoms with van der Waals surface area (Å²) in [7, 11) is 0. The maximum absolute atomic E-state index is 11.7. The average Bonchev–Trinajstić information content (AvgIpc) is 2.79. The van der Waals surface area contributed by atoms with Gasteiger partial charge in [-0.25, -0.2) is 0 Å². The maximum Gasteiger partial charge on any atom is 0.176 e. The molecule has 4 nitrogen and oxygen atoms in total. The molecule has 19 heavy (non-hydrogen) atoms. The van der Waals surface area contributed by atoms with Crippen LogP contribution in [-0.4, -0.2) is 15.2 Å². The second kappa shape index (κ2) is 4.24. The Labute approximate surface area is 110 Å². The summed E-state index contributed by atoms with van der Waals surface area (Å²) in [4.78, 5) is 16.0. The van der Waals surface area contributed by atoms with E-state index in [-0.39, 0.29) is 5.78 Å². The van der Waals surface area contributed by atoms with E-state index in [1.165, 1.54) is 0 Å². The lowest BCUT2D eigenvalue weighted by atomic mass is 10.1. The van der Waals surface area contributed by atoms with E-state index >= 15 is 0 Å². The molecule has 0 bridgehead atoms. The molecule has 0 aliphatic carbocycles. The fourth-order valence-electron chi connectivity index (χ4n) is 2.19. The van der Waals surface area contributed by atoms with E-state index in [1.807, 2.05) is 47.0 Å². The molecular weight excluding hydrogens is 238 g/mol. The van der Waals surface area contributed by atoms with Crippen molar-refractivity contribution in [3.05, 3.63) is 54.5 Å². The van der Waals surface area contributed by atoms with Crippen LogP contribution in [0, 0.1) is 0 Å². The topological polar surface area (TPSA) is 60.4 Å². The maximum atomic E-state index is 11.7. The molecule has 0 unspecified atom stereocenters. The van der Waals surface area contributed by atoms with Crippen molar-refractivity contribution in [2.75, 3.05) is 5.73 Å². The Morgan fingerprint density at radius 2 is 2.11 bits per heavy atom. The van der Waals surface area contributed by atoms with Gasteiger partial charge in [-0.05, 0) is 30.3 Å². The second-order valence-corrected chi connectivity index (χ2v) is 4.43. The number of ketones is 1. The summed E-state index contributed by atoms with van der Waals surface area (Å²) in [6, 6.07) is 11.4. The van der Waals surface area contributed by atoms with Crippen LogP contribution in [0.3, 0.4) is 0 Å². The van der Waals surface area contributed by atoms with Gasteiger partial charge in [0.05, 0.1) is 28.8 Å². The van der Waals surface area contributed by atoms with E-state index in [9.17, 15) is 4.79 Å². The number of nitrogens with zero attached hydrogens (tertiary/aromatic N) is 2. The SMILES string of the molecule is CC(=O)c1cc(-c2ccc(N)cn2)c2ccccn12. The van der Waals surface area contributed by atoms with Crippen LogP contribution in [0.1, 0.15) is 17.4 Å². The molecule has 0 aliphatic rings. The zero-order chi connectivity index (χ0) is 13.4. The molecular formula is C15H13N3O. The molecule has 4 heteroatoms. The first kappa shape index (κ1) is 11.5.